The van der Waals surface area contributed by atoms with Crippen molar-refractivity contribution in [3.05, 3.63) is 48.4 Å². The van der Waals surface area contributed by atoms with E-state index in [2.05, 4.69) is 25.2 Å². The van der Waals surface area contributed by atoms with Crippen molar-refractivity contribution in [1.82, 2.24) is 19.9 Å². The predicted molar refractivity (Wildman–Crippen MR) is 123 cm³/mol. The van der Waals surface area contributed by atoms with Crippen LogP contribution >= 0.6 is 0 Å². The second-order valence-corrected chi connectivity index (χ2v) is 8.31. The molecule has 1 amide bonds. The second kappa shape index (κ2) is 9.35. The van der Waals surface area contributed by atoms with Crippen LogP contribution in [0.25, 0.3) is 10.9 Å². The number of rotatable bonds is 6. The third kappa shape index (κ3) is 4.57. The number of nitrogens with zero attached hydrogens (tertiary/aromatic N) is 4. The molecule has 3 heterocycles. The number of aliphatic carboxylic acids is 1. The Morgan fingerprint density at radius 2 is 1.91 bits per heavy atom. The van der Waals surface area contributed by atoms with E-state index in [1.165, 1.54) is 0 Å². The molecule has 0 bridgehead atoms. The molecule has 0 aliphatic carbocycles. The van der Waals surface area contributed by atoms with Crippen molar-refractivity contribution in [2.24, 2.45) is 5.92 Å². The lowest BCUT2D eigenvalue weighted by atomic mass is 10.0. The summed E-state index contributed by atoms with van der Waals surface area (Å²) in [6, 6.07) is 6.52. The number of carboxylic acid groups (broad SMARTS) is 1. The number of carbonyl (C=O) groups is 2. The van der Waals surface area contributed by atoms with Crippen LogP contribution in [-0.4, -0.2) is 63.0 Å². The normalized spacial score (nSPS) is 16.2. The molecule has 1 aliphatic rings. The van der Waals surface area contributed by atoms with Crippen LogP contribution in [-0.2, 0) is 9.59 Å². The Bertz CT molecular complexity index is 1100. The van der Waals surface area contributed by atoms with Crippen molar-refractivity contribution in [2.45, 2.75) is 26.3 Å². The third-order valence-corrected chi connectivity index (χ3v) is 5.76. The first-order valence-electron chi connectivity index (χ1n) is 10.8. The summed E-state index contributed by atoms with van der Waals surface area (Å²) >= 11 is 0. The largest absolute Gasteiger partial charge is 0.480 e. The number of carboxylic acids is 1. The number of anilines is 2. The number of amides is 1. The maximum absolute atomic E-state index is 12.4. The van der Waals surface area contributed by atoms with Crippen LogP contribution in [0.5, 0.6) is 0 Å². The molecule has 3 N–H and O–H groups in total. The van der Waals surface area contributed by atoms with E-state index in [9.17, 15) is 14.7 Å². The smallest absolute Gasteiger partial charge is 0.325 e. The van der Waals surface area contributed by atoms with Crippen LogP contribution in [0.4, 0.5) is 11.6 Å². The Kier molecular flexibility index (Phi) is 6.36. The first kappa shape index (κ1) is 21.8. The highest BCUT2D eigenvalue weighted by Crippen LogP contribution is 2.31. The van der Waals surface area contributed by atoms with Crippen LogP contribution in [0.2, 0.25) is 0 Å². The zero-order valence-corrected chi connectivity index (χ0v) is 18.3. The Morgan fingerprint density at radius 1 is 1.12 bits per heavy atom. The average Bonchev–Trinajstić information content (AvgIpc) is 3.02. The number of hydrogen-bond acceptors (Lipinski definition) is 6. The van der Waals surface area contributed by atoms with Gasteiger partial charge in [0.15, 0.2) is 0 Å². The van der Waals surface area contributed by atoms with Gasteiger partial charge in [-0.2, -0.15) is 0 Å². The predicted octanol–water partition coefficient (Wildman–Crippen LogP) is 2.89. The molecule has 1 aromatic carbocycles. The Hall–Kier alpha value is -3.46. The average molecular weight is 437 g/mol. The van der Waals surface area contributed by atoms with Crippen molar-refractivity contribution >= 4 is 34.4 Å². The molecule has 1 saturated heterocycles. The lowest BCUT2D eigenvalue weighted by Gasteiger charge is -2.27. The van der Waals surface area contributed by atoms with E-state index >= 15 is 0 Å². The maximum Gasteiger partial charge on any atom is 0.325 e. The summed E-state index contributed by atoms with van der Waals surface area (Å²) in [6.07, 6.45) is 6.00. The molecular weight excluding hydrogens is 408 g/mol. The molecule has 0 radical (unpaired) electrons. The van der Waals surface area contributed by atoms with Crippen molar-refractivity contribution in [3.63, 3.8) is 0 Å². The van der Waals surface area contributed by atoms with Crippen LogP contribution in [0.3, 0.4) is 0 Å². The van der Waals surface area contributed by atoms with Gasteiger partial charge in [0.25, 0.3) is 0 Å². The highest BCUT2D eigenvalue weighted by molar-refractivity contribution is 5.96. The quantitative estimate of drug-likeness (QED) is 0.544. The molecule has 168 valence electrons. The molecule has 0 spiro atoms. The monoisotopic (exact) mass is 436 g/mol. The third-order valence-electron chi connectivity index (χ3n) is 5.76. The molecule has 32 heavy (non-hydrogen) atoms. The Balaban J connectivity index is 1.59. The molecule has 1 aliphatic heterocycles. The molecule has 4 rings (SSSR count). The number of hydrogen-bond donors (Lipinski definition) is 3. The summed E-state index contributed by atoms with van der Waals surface area (Å²) in [4.78, 5) is 40.4. The summed E-state index contributed by atoms with van der Waals surface area (Å²) < 4.78 is 0. The van der Waals surface area contributed by atoms with Crippen LogP contribution in [0.1, 0.15) is 31.9 Å². The van der Waals surface area contributed by atoms with Gasteiger partial charge in [0.05, 0.1) is 0 Å². The van der Waals surface area contributed by atoms with Crippen LogP contribution in [0, 0.1) is 5.92 Å². The highest BCUT2D eigenvalue weighted by atomic mass is 16.4. The first-order chi connectivity index (χ1) is 15.4. The van der Waals surface area contributed by atoms with E-state index in [1.807, 2.05) is 36.9 Å². The molecule has 9 heteroatoms. The zero-order valence-electron chi connectivity index (χ0n) is 18.3. The first-order valence-corrected chi connectivity index (χ1v) is 10.8. The summed E-state index contributed by atoms with van der Waals surface area (Å²) in [5, 5.41) is 13.9. The van der Waals surface area contributed by atoms with Gasteiger partial charge in [-0.1, -0.05) is 13.8 Å². The van der Waals surface area contributed by atoms with Gasteiger partial charge in [0.2, 0.25) is 11.9 Å². The van der Waals surface area contributed by atoms with Gasteiger partial charge < -0.3 is 20.3 Å². The number of nitrogens with one attached hydrogen (secondary N) is 2. The van der Waals surface area contributed by atoms with Crippen LogP contribution < -0.4 is 10.2 Å². The van der Waals surface area contributed by atoms with E-state index in [0.29, 0.717) is 36.8 Å². The van der Waals surface area contributed by atoms with Gasteiger partial charge >= 0.3 is 5.97 Å². The molecule has 0 unspecified atom stereocenters. The van der Waals surface area contributed by atoms with Crippen molar-refractivity contribution in [1.29, 1.82) is 0 Å². The molecule has 0 saturated carbocycles. The molecule has 1 atom stereocenters. The standard InChI is InChI=1S/C23H28N6O3/c1-15(2)21(30)27-16-5-6-19-17(13-16)18(14-26-19)20(22(31)32)28-9-4-10-29(12-11-28)23-24-7-3-8-25-23/h3,5-8,13-15,20,26H,4,9-12H2,1-2H3,(H,27,30)(H,31,32)/t20-/m1/s1. The zero-order chi connectivity index (χ0) is 22.7. The summed E-state index contributed by atoms with van der Waals surface area (Å²) in [5.74, 6) is -0.449. The van der Waals surface area contributed by atoms with Gasteiger partial charge in [0.1, 0.15) is 6.04 Å². The molecule has 1 fully saturated rings. The van der Waals surface area contributed by atoms with E-state index in [4.69, 9.17) is 0 Å². The minimum Gasteiger partial charge on any atom is -0.480 e. The highest BCUT2D eigenvalue weighted by Gasteiger charge is 2.31. The fraction of sp³-hybridized carbons (Fsp3) is 0.391. The molecule has 3 aromatic rings. The molecular formula is C23H28N6O3. The fourth-order valence-electron chi connectivity index (χ4n) is 4.07. The minimum absolute atomic E-state index is 0.0769. The minimum atomic E-state index is -0.896. The Morgan fingerprint density at radius 3 is 2.62 bits per heavy atom. The topological polar surface area (TPSA) is 114 Å². The number of aromatic nitrogens is 3. The maximum atomic E-state index is 12.4. The number of fused-ring (bicyclic) bond motifs is 1. The number of H-pyrrole nitrogens is 1. The van der Waals surface area contributed by atoms with Gasteiger partial charge in [0, 0.05) is 72.8 Å². The lowest BCUT2D eigenvalue weighted by Crippen LogP contribution is -2.37. The van der Waals surface area contributed by atoms with Crippen molar-refractivity contribution < 1.29 is 14.7 Å². The van der Waals surface area contributed by atoms with Gasteiger partial charge in [-0.3, -0.25) is 14.5 Å². The second-order valence-electron chi connectivity index (χ2n) is 8.31. The number of benzene rings is 1. The van der Waals surface area contributed by atoms with E-state index in [-0.39, 0.29) is 11.8 Å². The van der Waals surface area contributed by atoms with Crippen molar-refractivity contribution in [3.8, 4) is 0 Å². The van der Waals surface area contributed by atoms with Gasteiger partial charge in [-0.15, -0.1) is 0 Å². The van der Waals surface area contributed by atoms with E-state index in [1.54, 1.807) is 24.7 Å². The van der Waals surface area contributed by atoms with Gasteiger partial charge in [-0.25, -0.2) is 9.97 Å². The Labute approximate surface area is 186 Å². The summed E-state index contributed by atoms with van der Waals surface area (Å²) in [5.41, 5.74) is 2.19. The van der Waals surface area contributed by atoms with Crippen LogP contribution in [0.15, 0.2) is 42.9 Å². The van der Waals surface area contributed by atoms with E-state index in [0.717, 1.165) is 23.9 Å². The van der Waals surface area contributed by atoms with Crippen molar-refractivity contribution in [2.75, 3.05) is 36.4 Å². The summed E-state index contributed by atoms with van der Waals surface area (Å²) in [6.45, 7) is 6.30. The van der Waals surface area contributed by atoms with E-state index < -0.39 is 12.0 Å². The SMILES string of the molecule is CC(C)C(=O)Nc1ccc2[nH]cc([C@H](C(=O)O)N3CCCN(c4ncccn4)CC3)c2c1. The number of aromatic amines is 1. The lowest BCUT2D eigenvalue weighted by molar-refractivity contribution is -0.143. The fourth-order valence-corrected chi connectivity index (χ4v) is 4.07. The molecule has 9 nitrogen and oxygen atoms in total. The number of carbonyl (C=O) groups excluding carboxylic acids is 1. The summed E-state index contributed by atoms with van der Waals surface area (Å²) in [7, 11) is 0. The molecule has 2 aromatic heterocycles. The van der Waals surface area contributed by atoms with Gasteiger partial charge in [-0.05, 0) is 30.7 Å².